The van der Waals surface area contributed by atoms with Crippen LogP contribution in [0.25, 0.3) is 0 Å². The van der Waals surface area contributed by atoms with Gasteiger partial charge in [0, 0.05) is 47.2 Å². The first-order chi connectivity index (χ1) is 14.4. The lowest BCUT2D eigenvalue weighted by molar-refractivity contribution is -0.384. The number of hydrogen-bond donors (Lipinski definition) is 1. The zero-order valence-corrected chi connectivity index (χ0v) is 16.9. The Morgan fingerprint density at radius 2 is 1.83 bits per heavy atom. The lowest BCUT2D eigenvalue weighted by atomic mass is 9.73. The van der Waals surface area contributed by atoms with E-state index in [1.807, 2.05) is 24.3 Å². The molecular formula is C22H19ClN2O5. The Morgan fingerprint density at radius 1 is 1.10 bits per heavy atom. The number of ether oxygens (including phenoxy) is 1. The number of halogens is 1. The summed E-state index contributed by atoms with van der Waals surface area (Å²) in [6.45, 7) is 0. The summed E-state index contributed by atoms with van der Waals surface area (Å²) in [5, 5.41) is 14.3. The van der Waals surface area contributed by atoms with Gasteiger partial charge in [-0.3, -0.25) is 19.7 Å². The van der Waals surface area contributed by atoms with Gasteiger partial charge in [0.15, 0.2) is 5.78 Å². The number of methoxy groups -OCH3 is 1. The summed E-state index contributed by atoms with van der Waals surface area (Å²) in [6.07, 6.45) is 0.824. The molecule has 1 heterocycles. The van der Waals surface area contributed by atoms with Gasteiger partial charge < -0.3 is 10.1 Å². The molecule has 2 aromatic carbocycles. The fraction of sp³-hybridized carbons (Fsp3) is 0.273. The highest BCUT2D eigenvalue weighted by Gasteiger charge is 2.39. The SMILES string of the molecule is COc1ccc([C@H]2CC(=O)C3=C(C2)NC(=O)C[C@@H]3c2cc([N+](=O)[O-])ccc2Cl)cc1. The van der Waals surface area contributed by atoms with Crippen LogP contribution in [0.5, 0.6) is 5.75 Å². The minimum atomic E-state index is -0.592. The number of nitro groups is 1. The summed E-state index contributed by atoms with van der Waals surface area (Å²) in [5.74, 6) is -0.242. The molecule has 0 unspecified atom stereocenters. The molecule has 0 spiro atoms. The van der Waals surface area contributed by atoms with Gasteiger partial charge in [-0.2, -0.15) is 0 Å². The smallest absolute Gasteiger partial charge is 0.269 e. The van der Waals surface area contributed by atoms with Gasteiger partial charge in [-0.05, 0) is 41.7 Å². The molecule has 1 aliphatic carbocycles. The number of rotatable bonds is 4. The summed E-state index contributed by atoms with van der Waals surface area (Å²) in [4.78, 5) is 36.2. The van der Waals surface area contributed by atoms with Crippen molar-refractivity contribution in [3.8, 4) is 5.75 Å². The van der Waals surface area contributed by atoms with Gasteiger partial charge in [0.2, 0.25) is 5.91 Å². The Morgan fingerprint density at radius 3 is 2.50 bits per heavy atom. The summed E-state index contributed by atoms with van der Waals surface area (Å²) >= 11 is 6.31. The van der Waals surface area contributed by atoms with Gasteiger partial charge in [-0.25, -0.2) is 0 Å². The highest BCUT2D eigenvalue weighted by molar-refractivity contribution is 6.31. The molecule has 2 atom stereocenters. The number of non-ortho nitro benzene ring substituents is 1. The largest absolute Gasteiger partial charge is 0.497 e. The first kappa shape index (κ1) is 20.1. The third kappa shape index (κ3) is 3.68. The van der Waals surface area contributed by atoms with E-state index in [0.29, 0.717) is 34.7 Å². The average Bonchev–Trinajstić information content (AvgIpc) is 2.73. The van der Waals surface area contributed by atoms with Gasteiger partial charge in [0.25, 0.3) is 5.69 Å². The monoisotopic (exact) mass is 426 g/mol. The summed E-state index contributed by atoms with van der Waals surface area (Å²) in [7, 11) is 1.59. The number of carbonyl (C=O) groups excluding carboxylic acids is 2. The number of carbonyl (C=O) groups is 2. The van der Waals surface area contributed by atoms with Crippen molar-refractivity contribution in [3.63, 3.8) is 0 Å². The van der Waals surface area contributed by atoms with Crippen LogP contribution in [0.15, 0.2) is 53.7 Å². The Kier molecular flexibility index (Phi) is 5.30. The second-order valence-corrected chi connectivity index (χ2v) is 7.87. The van der Waals surface area contributed by atoms with Crippen molar-refractivity contribution in [1.82, 2.24) is 5.32 Å². The van der Waals surface area contributed by atoms with Crippen molar-refractivity contribution in [2.45, 2.75) is 31.1 Å². The number of nitro benzene ring substituents is 1. The quantitative estimate of drug-likeness (QED) is 0.581. The molecule has 30 heavy (non-hydrogen) atoms. The highest BCUT2D eigenvalue weighted by atomic mass is 35.5. The van der Waals surface area contributed by atoms with E-state index >= 15 is 0 Å². The van der Waals surface area contributed by atoms with E-state index in [1.165, 1.54) is 18.2 Å². The molecule has 1 N–H and O–H groups in total. The van der Waals surface area contributed by atoms with E-state index in [-0.39, 0.29) is 29.7 Å². The van der Waals surface area contributed by atoms with Crippen LogP contribution in [-0.4, -0.2) is 23.7 Å². The van der Waals surface area contributed by atoms with Gasteiger partial charge in [0.05, 0.1) is 12.0 Å². The molecule has 0 aromatic heterocycles. The summed E-state index contributed by atoms with van der Waals surface area (Å²) in [6, 6.07) is 11.6. The van der Waals surface area contributed by atoms with Crippen LogP contribution in [0, 0.1) is 10.1 Å². The standard InChI is InChI=1S/C22H19ClN2O5/c1-30-15-5-2-12(3-6-15)13-8-19-22(20(26)9-13)17(11-21(27)24-19)16-10-14(25(28)29)4-7-18(16)23/h2-7,10,13,17H,8-9,11H2,1H3,(H,24,27)/t13-,17-/m1/s1. The second kappa shape index (κ2) is 7.91. The number of benzene rings is 2. The molecule has 1 aliphatic heterocycles. The van der Waals surface area contributed by atoms with Crippen molar-refractivity contribution < 1.29 is 19.2 Å². The van der Waals surface area contributed by atoms with Gasteiger partial charge in [-0.1, -0.05) is 23.7 Å². The Bertz CT molecular complexity index is 1080. The van der Waals surface area contributed by atoms with Crippen LogP contribution in [0.1, 0.15) is 42.2 Å². The first-order valence-corrected chi connectivity index (χ1v) is 9.89. The molecule has 2 aromatic rings. The number of ketones is 1. The minimum Gasteiger partial charge on any atom is -0.497 e. The fourth-order valence-electron chi connectivity index (χ4n) is 4.25. The van der Waals surface area contributed by atoms with E-state index in [2.05, 4.69) is 5.32 Å². The third-order valence-corrected chi connectivity index (χ3v) is 6.03. The molecule has 0 bridgehead atoms. The maximum absolute atomic E-state index is 13.1. The molecule has 0 saturated heterocycles. The number of nitrogens with one attached hydrogen (secondary N) is 1. The van der Waals surface area contributed by atoms with E-state index in [1.54, 1.807) is 7.11 Å². The molecule has 2 aliphatic rings. The number of hydrogen-bond acceptors (Lipinski definition) is 5. The zero-order valence-electron chi connectivity index (χ0n) is 16.2. The lowest BCUT2D eigenvalue weighted by Crippen LogP contribution is -2.38. The molecule has 0 fully saturated rings. The van der Waals surface area contributed by atoms with Crippen molar-refractivity contribution in [2.24, 2.45) is 0 Å². The van der Waals surface area contributed by atoms with E-state index in [4.69, 9.17) is 16.3 Å². The van der Waals surface area contributed by atoms with Crippen molar-refractivity contribution in [3.05, 3.63) is 80.0 Å². The molecule has 0 saturated carbocycles. The number of Topliss-reactive ketones (excluding diaryl/α,β-unsaturated/α-hetero) is 1. The molecule has 0 radical (unpaired) electrons. The van der Waals surface area contributed by atoms with Crippen LogP contribution in [0.3, 0.4) is 0 Å². The van der Waals surface area contributed by atoms with E-state index in [0.717, 1.165) is 11.3 Å². The Balaban J connectivity index is 1.72. The summed E-state index contributed by atoms with van der Waals surface area (Å²) in [5.41, 5.74) is 2.38. The van der Waals surface area contributed by atoms with Crippen LogP contribution >= 0.6 is 11.6 Å². The van der Waals surface area contributed by atoms with Gasteiger partial charge in [0.1, 0.15) is 5.75 Å². The Labute approximate surface area is 177 Å². The number of nitrogens with zero attached hydrogens (tertiary/aromatic N) is 1. The number of allylic oxidation sites excluding steroid dienone is 2. The lowest BCUT2D eigenvalue weighted by Gasteiger charge is -2.34. The number of amides is 1. The van der Waals surface area contributed by atoms with E-state index in [9.17, 15) is 19.7 Å². The van der Waals surface area contributed by atoms with Crippen LogP contribution < -0.4 is 10.1 Å². The maximum Gasteiger partial charge on any atom is 0.269 e. The molecule has 154 valence electrons. The van der Waals surface area contributed by atoms with Crippen molar-refractivity contribution in [1.29, 1.82) is 0 Å². The van der Waals surface area contributed by atoms with Crippen molar-refractivity contribution in [2.75, 3.05) is 7.11 Å². The minimum absolute atomic E-state index is 0.0265. The van der Waals surface area contributed by atoms with E-state index < -0.39 is 10.8 Å². The van der Waals surface area contributed by atoms with Crippen LogP contribution in [-0.2, 0) is 9.59 Å². The maximum atomic E-state index is 13.1. The zero-order chi connectivity index (χ0) is 21.4. The topological polar surface area (TPSA) is 98.5 Å². The predicted octanol–water partition coefficient (Wildman–Crippen LogP) is 4.26. The first-order valence-electron chi connectivity index (χ1n) is 9.51. The predicted molar refractivity (Wildman–Crippen MR) is 111 cm³/mol. The van der Waals surface area contributed by atoms with Gasteiger partial charge in [-0.15, -0.1) is 0 Å². The third-order valence-electron chi connectivity index (χ3n) is 5.69. The molecule has 7 nitrogen and oxygen atoms in total. The molecule has 4 rings (SSSR count). The Hall–Kier alpha value is -3.19. The fourth-order valence-corrected chi connectivity index (χ4v) is 4.50. The van der Waals surface area contributed by atoms with Crippen molar-refractivity contribution >= 4 is 29.0 Å². The highest BCUT2D eigenvalue weighted by Crippen LogP contribution is 2.44. The average molecular weight is 427 g/mol. The molecule has 8 heteroatoms. The van der Waals surface area contributed by atoms with Crippen LogP contribution in [0.4, 0.5) is 5.69 Å². The molecule has 1 amide bonds. The summed E-state index contributed by atoms with van der Waals surface area (Å²) < 4.78 is 5.18. The van der Waals surface area contributed by atoms with Crippen LogP contribution in [0.2, 0.25) is 5.02 Å². The normalized spacial score (nSPS) is 21.1. The molecular weight excluding hydrogens is 408 g/mol. The van der Waals surface area contributed by atoms with Gasteiger partial charge >= 0.3 is 0 Å². The second-order valence-electron chi connectivity index (χ2n) is 7.46.